The molecule has 2 aliphatic heterocycles. The topological polar surface area (TPSA) is 48.0 Å². The third-order valence-corrected chi connectivity index (χ3v) is 6.32. The molecule has 2 aliphatic rings. The Balaban J connectivity index is 1.37. The van der Waals surface area contributed by atoms with Gasteiger partial charge in [0, 0.05) is 13.1 Å². The average Bonchev–Trinajstić information content (AvgIpc) is 3.15. The van der Waals surface area contributed by atoms with Crippen LogP contribution in [-0.2, 0) is 18.5 Å². The molecule has 3 aromatic rings. The molecule has 174 valence electrons. The number of ketones is 1. The molecule has 3 aromatic carbocycles. The van der Waals surface area contributed by atoms with Crippen molar-refractivity contribution in [3.8, 4) is 17.2 Å². The number of rotatable bonds is 4. The van der Waals surface area contributed by atoms with Crippen LogP contribution in [0.2, 0.25) is 0 Å². The van der Waals surface area contributed by atoms with Gasteiger partial charge in [-0.2, -0.15) is 0 Å². The maximum absolute atomic E-state index is 13.1. The van der Waals surface area contributed by atoms with E-state index in [0.29, 0.717) is 30.3 Å². The number of nitrogens with zero attached hydrogens (tertiary/aromatic N) is 1. The lowest BCUT2D eigenvalue weighted by atomic mass is 9.86. The van der Waals surface area contributed by atoms with Gasteiger partial charge < -0.3 is 14.2 Å². The maximum Gasteiger partial charge on any atom is 0.231 e. The van der Waals surface area contributed by atoms with E-state index in [9.17, 15) is 4.79 Å². The van der Waals surface area contributed by atoms with Crippen molar-refractivity contribution in [3.05, 3.63) is 94.2 Å². The summed E-state index contributed by atoms with van der Waals surface area (Å²) in [4.78, 5) is 15.3. The van der Waals surface area contributed by atoms with Crippen LogP contribution >= 0.6 is 0 Å². The average molecular weight is 456 g/mol. The molecule has 0 amide bonds. The van der Waals surface area contributed by atoms with Gasteiger partial charge in [0.25, 0.3) is 0 Å². The number of Topliss-reactive ketones (excluding diaryl/α,β-unsaturated/α-hetero) is 1. The third-order valence-electron chi connectivity index (χ3n) is 6.32. The lowest BCUT2D eigenvalue weighted by Crippen LogP contribution is -2.31. The molecule has 0 aromatic heterocycles. The Morgan fingerprint density at radius 3 is 2.41 bits per heavy atom. The molecule has 5 heteroatoms. The molecule has 34 heavy (non-hydrogen) atoms. The maximum atomic E-state index is 13.1. The van der Waals surface area contributed by atoms with Crippen LogP contribution in [0, 0.1) is 0 Å². The molecule has 2 heterocycles. The first kappa shape index (κ1) is 22.2. The Kier molecular flexibility index (Phi) is 5.66. The largest absolute Gasteiger partial charge is 0.497 e. The van der Waals surface area contributed by atoms with Crippen LogP contribution in [0.25, 0.3) is 6.08 Å². The highest BCUT2D eigenvalue weighted by Crippen LogP contribution is 2.42. The molecule has 5 rings (SSSR count). The molecular weight excluding hydrogens is 426 g/mol. The zero-order chi connectivity index (χ0) is 23.9. The molecule has 0 aliphatic carbocycles. The zero-order valence-corrected chi connectivity index (χ0v) is 20.1. The molecule has 0 atom stereocenters. The number of carbonyl (C=O) groups is 1. The second-order valence-electron chi connectivity index (χ2n) is 9.84. The minimum atomic E-state index is -0.0926. The van der Waals surface area contributed by atoms with Crippen molar-refractivity contribution in [2.45, 2.75) is 39.3 Å². The van der Waals surface area contributed by atoms with E-state index in [2.05, 4.69) is 49.9 Å². The summed E-state index contributed by atoms with van der Waals surface area (Å²) in [6.45, 7) is 8.40. The van der Waals surface area contributed by atoms with E-state index in [4.69, 9.17) is 14.2 Å². The fourth-order valence-corrected chi connectivity index (χ4v) is 4.33. The SMILES string of the molecule is COc1ccc(CN2COc3ccc4c(c3C2)O/C(=C\c2ccc(C(C)(C)C)cc2)C4=O)cc1. The lowest BCUT2D eigenvalue weighted by Gasteiger charge is -2.29. The van der Waals surface area contributed by atoms with Gasteiger partial charge in [0.15, 0.2) is 5.76 Å². The summed E-state index contributed by atoms with van der Waals surface area (Å²) in [5, 5.41) is 0. The van der Waals surface area contributed by atoms with Gasteiger partial charge in [-0.05, 0) is 52.4 Å². The summed E-state index contributed by atoms with van der Waals surface area (Å²) in [5.74, 6) is 2.47. The Labute approximate surface area is 200 Å². The van der Waals surface area contributed by atoms with Gasteiger partial charge in [-0.25, -0.2) is 0 Å². The number of ether oxygens (including phenoxy) is 3. The van der Waals surface area contributed by atoms with Crippen molar-refractivity contribution >= 4 is 11.9 Å². The molecule has 0 saturated carbocycles. The van der Waals surface area contributed by atoms with E-state index in [1.807, 2.05) is 36.4 Å². The molecule has 0 spiro atoms. The Morgan fingerprint density at radius 2 is 1.74 bits per heavy atom. The first-order valence-electron chi connectivity index (χ1n) is 11.5. The molecule has 0 N–H and O–H groups in total. The lowest BCUT2D eigenvalue weighted by molar-refractivity contribution is 0.0872. The molecular formula is C29H29NO4. The first-order valence-corrected chi connectivity index (χ1v) is 11.5. The minimum Gasteiger partial charge on any atom is -0.497 e. The smallest absolute Gasteiger partial charge is 0.231 e. The van der Waals surface area contributed by atoms with E-state index >= 15 is 0 Å². The number of benzene rings is 3. The second-order valence-corrected chi connectivity index (χ2v) is 9.84. The van der Waals surface area contributed by atoms with Crippen molar-refractivity contribution in [1.82, 2.24) is 4.90 Å². The monoisotopic (exact) mass is 455 g/mol. The van der Waals surface area contributed by atoms with E-state index < -0.39 is 0 Å². The molecule has 5 nitrogen and oxygen atoms in total. The summed E-state index contributed by atoms with van der Waals surface area (Å²) in [6.07, 6.45) is 1.82. The number of hydrogen-bond acceptors (Lipinski definition) is 5. The summed E-state index contributed by atoms with van der Waals surface area (Å²) < 4.78 is 17.4. The Morgan fingerprint density at radius 1 is 1.00 bits per heavy atom. The third kappa shape index (κ3) is 4.31. The van der Waals surface area contributed by atoms with Gasteiger partial charge in [0.1, 0.15) is 24.0 Å². The normalized spacial score (nSPS) is 16.6. The standard InChI is InChI=1S/C29H29NO4/c1-29(2,3)21-9-5-19(6-10-21)15-26-27(31)23-13-14-25-24(28(23)34-26)17-30(18-33-25)16-20-7-11-22(32-4)12-8-20/h5-15H,16-18H2,1-4H3/b26-15-. The van der Waals surface area contributed by atoms with Crippen LogP contribution in [0.5, 0.6) is 17.2 Å². The molecule has 0 saturated heterocycles. The van der Waals surface area contributed by atoms with E-state index in [-0.39, 0.29) is 11.2 Å². The van der Waals surface area contributed by atoms with Crippen molar-refractivity contribution < 1.29 is 19.0 Å². The Hall–Kier alpha value is -3.57. The summed E-state index contributed by atoms with van der Waals surface area (Å²) in [7, 11) is 1.66. The van der Waals surface area contributed by atoms with Gasteiger partial charge in [-0.15, -0.1) is 0 Å². The quantitative estimate of drug-likeness (QED) is 0.454. The van der Waals surface area contributed by atoms with E-state index in [1.54, 1.807) is 13.2 Å². The number of hydrogen-bond donors (Lipinski definition) is 0. The number of methoxy groups -OCH3 is 1. The van der Waals surface area contributed by atoms with Crippen molar-refractivity contribution in [3.63, 3.8) is 0 Å². The molecule has 0 radical (unpaired) electrons. The highest BCUT2D eigenvalue weighted by Gasteiger charge is 2.33. The summed E-state index contributed by atoms with van der Waals surface area (Å²) >= 11 is 0. The zero-order valence-electron chi connectivity index (χ0n) is 20.1. The highest BCUT2D eigenvalue weighted by atomic mass is 16.5. The minimum absolute atomic E-state index is 0.0817. The van der Waals surface area contributed by atoms with Crippen molar-refractivity contribution in [1.29, 1.82) is 0 Å². The van der Waals surface area contributed by atoms with Crippen LogP contribution < -0.4 is 14.2 Å². The van der Waals surface area contributed by atoms with Crippen LogP contribution in [-0.4, -0.2) is 24.5 Å². The van der Waals surface area contributed by atoms with Crippen LogP contribution in [0.15, 0.2) is 66.4 Å². The van der Waals surface area contributed by atoms with Gasteiger partial charge >= 0.3 is 0 Å². The fourth-order valence-electron chi connectivity index (χ4n) is 4.33. The Bertz CT molecular complexity index is 1250. The molecule has 0 unspecified atom stereocenters. The highest BCUT2D eigenvalue weighted by molar-refractivity contribution is 6.15. The number of fused-ring (bicyclic) bond motifs is 3. The second kappa shape index (κ2) is 8.65. The van der Waals surface area contributed by atoms with Crippen LogP contribution in [0.4, 0.5) is 0 Å². The van der Waals surface area contributed by atoms with Gasteiger partial charge in [0.05, 0.1) is 18.2 Å². The van der Waals surface area contributed by atoms with E-state index in [1.165, 1.54) is 5.56 Å². The first-order chi connectivity index (χ1) is 16.3. The molecule has 0 fully saturated rings. The summed E-state index contributed by atoms with van der Waals surface area (Å²) in [6, 6.07) is 20.0. The number of carbonyl (C=O) groups excluding carboxylic acids is 1. The number of allylic oxidation sites excluding steroid dienone is 1. The van der Waals surface area contributed by atoms with Crippen molar-refractivity contribution in [2.75, 3.05) is 13.8 Å². The van der Waals surface area contributed by atoms with Crippen molar-refractivity contribution in [2.24, 2.45) is 0 Å². The van der Waals surface area contributed by atoms with E-state index in [0.717, 1.165) is 34.7 Å². The fraction of sp³-hybridized carbons (Fsp3) is 0.276. The van der Waals surface area contributed by atoms with Gasteiger partial charge in [-0.3, -0.25) is 9.69 Å². The van der Waals surface area contributed by atoms with Crippen LogP contribution in [0.3, 0.4) is 0 Å². The van der Waals surface area contributed by atoms with Crippen LogP contribution in [0.1, 0.15) is 53.4 Å². The summed E-state index contributed by atoms with van der Waals surface area (Å²) in [5.41, 5.74) is 4.94. The van der Waals surface area contributed by atoms with Gasteiger partial charge in [0.2, 0.25) is 5.78 Å². The molecule has 0 bridgehead atoms. The van der Waals surface area contributed by atoms with Gasteiger partial charge in [-0.1, -0.05) is 57.2 Å². The predicted molar refractivity (Wildman–Crippen MR) is 132 cm³/mol. The predicted octanol–water partition coefficient (Wildman–Crippen LogP) is 5.96.